The third-order valence-electron chi connectivity index (χ3n) is 2.97. The Balaban J connectivity index is 0.00000264. The Morgan fingerprint density at radius 2 is 2.12 bits per heavy atom. The van der Waals surface area contributed by atoms with Crippen LogP contribution in [-0.4, -0.2) is 48.9 Å². The summed E-state index contributed by atoms with van der Waals surface area (Å²) in [5, 5.41) is 7.85. The van der Waals surface area contributed by atoms with Gasteiger partial charge in [0.2, 0.25) is 5.91 Å². The van der Waals surface area contributed by atoms with Crippen molar-refractivity contribution in [2.45, 2.75) is 6.42 Å². The summed E-state index contributed by atoms with van der Waals surface area (Å²) in [6, 6.07) is 3.21. The van der Waals surface area contributed by atoms with E-state index in [4.69, 9.17) is 4.42 Å². The van der Waals surface area contributed by atoms with Gasteiger partial charge in [-0.15, -0.1) is 36.2 Å². The molecule has 2 aromatic rings. The molecule has 0 aliphatic rings. The molecule has 24 heavy (non-hydrogen) atoms. The molecule has 0 aliphatic heterocycles. The third kappa shape index (κ3) is 6.48. The molecule has 2 rings (SSSR count). The summed E-state index contributed by atoms with van der Waals surface area (Å²) >= 11 is 1.28. The smallest absolute Gasteiger partial charge is 0.293 e. The van der Waals surface area contributed by atoms with E-state index in [2.05, 4.69) is 15.6 Å². The van der Waals surface area contributed by atoms with Gasteiger partial charge in [-0.3, -0.25) is 14.9 Å². The average molecular weight is 395 g/mol. The van der Waals surface area contributed by atoms with Crippen LogP contribution in [0.5, 0.6) is 0 Å². The Morgan fingerprint density at radius 1 is 1.38 bits per heavy atom. The molecule has 0 fully saturated rings. The molecule has 0 saturated carbocycles. The van der Waals surface area contributed by atoms with Gasteiger partial charge < -0.3 is 14.6 Å². The number of carbonyl (C=O) groups is 2. The van der Waals surface area contributed by atoms with Crippen molar-refractivity contribution < 1.29 is 14.0 Å². The van der Waals surface area contributed by atoms with Crippen LogP contribution in [-0.2, 0) is 11.2 Å². The van der Waals surface area contributed by atoms with E-state index in [0.717, 1.165) is 6.54 Å². The molecular formula is C14H20Cl2N4O3S. The number of carbonyl (C=O) groups excluding carboxylic acids is 2. The Hall–Kier alpha value is -1.61. The van der Waals surface area contributed by atoms with Crippen molar-refractivity contribution in [3.63, 3.8) is 0 Å². The molecule has 0 atom stereocenters. The van der Waals surface area contributed by atoms with Crippen LogP contribution in [0.2, 0.25) is 0 Å². The van der Waals surface area contributed by atoms with Crippen LogP contribution < -0.4 is 10.6 Å². The second-order valence-corrected chi connectivity index (χ2v) is 5.53. The maximum Gasteiger partial charge on any atom is 0.293 e. The Bertz CT molecular complexity index is 634. The number of halogens is 2. The lowest BCUT2D eigenvalue weighted by molar-refractivity contribution is -0.129. The third-order valence-corrected chi connectivity index (χ3v) is 3.78. The molecule has 0 radical (unpaired) electrons. The van der Waals surface area contributed by atoms with Crippen molar-refractivity contribution in [3.8, 4) is 0 Å². The first-order chi connectivity index (χ1) is 10.6. The van der Waals surface area contributed by atoms with Crippen LogP contribution in [0.15, 0.2) is 28.2 Å². The Labute approximate surface area is 156 Å². The normalized spacial score (nSPS) is 9.58. The highest BCUT2D eigenvalue weighted by Crippen LogP contribution is 2.17. The number of aromatic nitrogens is 1. The number of likely N-dealkylation sites (N-methyl/N-ethyl adjacent to an activating group) is 2. The van der Waals surface area contributed by atoms with Crippen molar-refractivity contribution in [2.24, 2.45) is 0 Å². The van der Waals surface area contributed by atoms with Crippen LogP contribution >= 0.6 is 36.2 Å². The minimum atomic E-state index is -0.358. The number of amides is 2. The predicted molar refractivity (Wildman–Crippen MR) is 98.5 cm³/mol. The van der Waals surface area contributed by atoms with Gasteiger partial charge in [0.15, 0.2) is 10.9 Å². The van der Waals surface area contributed by atoms with E-state index in [1.165, 1.54) is 17.6 Å². The van der Waals surface area contributed by atoms with Crippen molar-refractivity contribution in [1.29, 1.82) is 0 Å². The zero-order chi connectivity index (χ0) is 15.9. The highest BCUT2D eigenvalue weighted by atomic mass is 35.5. The zero-order valence-electron chi connectivity index (χ0n) is 13.3. The van der Waals surface area contributed by atoms with Crippen molar-refractivity contribution in [1.82, 2.24) is 15.2 Å². The van der Waals surface area contributed by atoms with E-state index in [1.54, 1.807) is 29.5 Å². The minimum absolute atomic E-state index is 0. The lowest BCUT2D eigenvalue weighted by atomic mass is 10.3. The van der Waals surface area contributed by atoms with Crippen LogP contribution in [0.4, 0.5) is 5.13 Å². The van der Waals surface area contributed by atoms with Gasteiger partial charge in [-0.1, -0.05) is 0 Å². The molecule has 134 valence electrons. The quantitative estimate of drug-likeness (QED) is 0.750. The summed E-state index contributed by atoms with van der Waals surface area (Å²) in [7, 11) is 3.60. The van der Waals surface area contributed by atoms with Crippen LogP contribution in [0.1, 0.15) is 16.2 Å². The van der Waals surface area contributed by atoms with Crippen molar-refractivity contribution >= 4 is 53.1 Å². The predicted octanol–water partition coefficient (Wildman–Crippen LogP) is 2.05. The fraction of sp³-hybridized carbons (Fsp3) is 0.357. The number of nitrogens with one attached hydrogen (secondary N) is 2. The highest BCUT2D eigenvalue weighted by molar-refractivity contribution is 7.14. The number of rotatable bonds is 7. The van der Waals surface area contributed by atoms with Gasteiger partial charge in [0, 0.05) is 25.5 Å². The summed E-state index contributed by atoms with van der Waals surface area (Å²) in [6.07, 6.45) is 1.65. The van der Waals surface area contributed by atoms with E-state index in [-0.39, 0.29) is 48.8 Å². The number of anilines is 1. The molecule has 2 N–H and O–H groups in total. The fourth-order valence-electron chi connectivity index (χ4n) is 1.71. The van der Waals surface area contributed by atoms with E-state index in [9.17, 15) is 9.59 Å². The first-order valence-electron chi connectivity index (χ1n) is 6.78. The van der Waals surface area contributed by atoms with Crippen LogP contribution in [0.3, 0.4) is 0 Å². The summed E-state index contributed by atoms with van der Waals surface area (Å²) < 4.78 is 5.01. The minimum Gasteiger partial charge on any atom is -0.459 e. The Kier molecular flexibility index (Phi) is 10.3. The van der Waals surface area contributed by atoms with Crippen molar-refractivity contribution in [2.75, 3.05) is 32.5 Å². The first kappa shape index (κ1) is 22.4. The molecule has 0 unspecified atom stereocenters. The summed E-state index contributed by atoms with van der Waals surface area (Å²) in [5.41, 5.74) is 0.640. The van der Waals surface area contributed by atoms with Crippen molar-refractivity contribution in [3.05, 3.63) is 35.2 Å². The first-order valence-corrected chi connectivity index (χ1v) is 7.66. The maximum atomic E-state index is 12.0. The molecule has 10 heteroatoms. The molecular weight excluding hydrogens is 375 g/mol. The number of furan rings is 1. The molecule has 0 bridgehead atoms. The number of hydrogen-bond donors (Lipinski definition) is 2. The highest BCUT2D eigenvalue weighted by Gasteiger charge is 2.14. The number of hydrogen-bond acceptors (Lipinski definition) is 6. The molecule has 2 amide bonds. The fourth-order valence-corrected chi connectivity index (χ4v) is 2.41. The lowest BCUT2D eigenvalue weighted by Gasteiger charge is -2.15. The molecule has 0 saturated heterocycles. The lowest BCUT2D eigenvalue weighted by Crippen LogP contribution is -2.33. The van der Waals surface area contributed by atoms with Gasteiger partial charge in [0.1, 0.15) is 0 Å². The topological polar surface area (TPSA) is 87.5 Å². The Morgan fingerprint density at radius 3 is 2.75 bits per heavy atom. The standard InChI is InChI=1S/C14H18N4O3S.2ClH/c1-15-5-6-18(2)12(19)8-10-9-22-14(16-10)17-13(20)11-4-3-7-21-11;;/h3-4,7,9,15H,5-6,8H2,1-2H3,(H,16,17,20);2*1H. The molecule has 7 nitrogen and oxygen atoms in total. The molecule has 0 aliphatic carbocycles. The monoisotopic (exact) mass is 394 g/mol. The van der Waals surface area contributed by atoms with Crippen LogP contribution in [0.25, 0.3) is 0 Å². The second-order valence-electron chi connectivity index (χ2n) is 4.67. The van der Waals surface area contributed by atoms with E-state index in [0.29, 0.717) is 17.4 Å². The van der Waals surface area contributed by atoms with Gasteiger partial charge in [0.25, 0.3) is 5.91 Å². The van der Waals surface area contributed by atoms with Crippen LogP contribution in [0, 0.1) is 0 Å². The number of nitrogens with zero attached hydrogens (tertiary/aromatic N) is 2. The second kappa shape index (κ2) is 11.0. The van der Waals surface area contributed by atoms with Gasteiger partial charge in [0.05, 0.1) is 18.4 Å². The van der Waals surface area contributed by atoms with E-state index < -0.39 is 0 Å². The van der Waals surface area contributed by atoms with E-state index in [1.807, 2.05) is 7.05 Å². The SMILES string of the molecule is CNCCN(C)C(=O)Cc1csc(NC(=O)c2ccco2)n1.Cl.Cl. The summed E-state index contributed by atoms with van der Waals surface area (Å²) in [6.45, 7) is 1.38. The maximum absolute atomic E-state index is 12.0. The molecule has 2 aromatic heterocycles. The van der Waals surface area contributed by atoms with Gasteiger partial charge in [-0.25, -0.2) is 4.98 Å². The average Bonchev–Trinajstić information content (AvgIpc) is 3.16. The summed E-state index contributed by atoms with van der Waals surface area (Å²) in [5.74, 6) is -0.146. The largest absolute Gasteiger partial charge is 0.459 e. The summed E-state index contributed by atoms with van der Waals surface area (Å²) in [4.78, 5) is 29.7. The molecule has 0 aromatic carbocycles. The van der Waals surface area contributed by atoms with E-state index >= 15 is 0 Å². The van der Waals surface area contributed by atoms with Gasteiger partial charge >= 0.3 is 0 Å². The number of thiazole rings is 1. The molecule has 2 heterocycles. The van der Waals surface area contributed by atoms with Gasteiger partial charge in [-0.2, -0.15) is 0 Å². The molecule has 0 spiro atoms. The zero-order valence-corrected chi connectivity index (χ0v) is 15.7. The van der Waals surface area contributed by atoms with Gasteiger partial charge in [-0.05, 0) is 19.2 Å².